The minimum absolute atomic E-state index is 0.334. The van der Waals surface area contributed by atoms with E-state index in [9.17, 15) is 10.5 Å². The molecule has 0 saturated carbocycles. The monoisotopic (exact) mass is 796 g/mol. The van der Waals surface area contributed by atoms with E-state index in [1.54, 1.807) is 7.11 Å². The van der Waals surface area contributed by atoms with Crippen LogP contribution in [0.5, 0.6) is 5.75 Å². The van der Waals surface area contributed by atoms with Gasteiger partial charge in [0.25, 0.3) is 0 Å². The molecule has 2 aliphatic carbocycles. The topological polar surface area (TPSA) is 56.8 Å². The third kappa shape index (κ3) is 9.15. The number of benzene rings is 2. The van der Waals surface area contributed by atoms with Crippen molar-refractivity contribution in [3.05, 3.63) is 118 Å². The molecule has 4 rings (SSSR count). The van der Waals surface area contributed by atoms with Gasteiger partial charge in [-0.05, 0) is 86.4 Å². The van der Waals surface area contributed by atoms with Crippen molar-refractivity contribution in [2.75, 3.05) is 7.11 Å². The molecule has 2 aliphatic rings. The molecular weight excluding hydrogens is 737 g/mol. The number of fused-ring (bicyclic) bond motifs is 1. The summed E-state index contributed by atoms with van der Waals surface area (Å²) in [4.78, 5) is 0. The molecule has 0 radical (unpaired) electrons. The molecule has 1 unspecified atom stereocenters. The number of nitriles is 2. The standard InChI is InChI=1S/C53H60N2OSi2/c1-38(2)57(39(3)4,40(5)6)33-31-46(47(26-20-45-23-29-50(56-13)30-24-45)32-34-58(41(7)8,42(9)10)43(11)12)25-19-44-21-27-48(28-22-44)52-35-49-17-15-14-16-18-51(49)53(52,36-54)37-55/h14-18,21-24,27-30,35,38-43,51H,1-13H3/b47-46-. The first kappa shape index (κ1) is 45.3. The molecule has 296 valence electrons. The van der Waals surface area contributed by atoms with Crippen LogP contribution in [0.25, 0.3) is 5.57 Å². The fraction of sp³-hybridized carbons (Fsp3) is 0.396. The first-order chi connectivity index (χ1) is 27.5. The van der Waals surface area contributed by atoms with Crippen molar-refractivity contribution < 1.29 is 4.74 Å². The maximum absolute atomic E-state index is 10.4. The molecule has 0 N–H and O–H groups in total. The van der Waals surface area contributed by atoms with E-state index in [1.165, 1.54) is 0 Å². The van der Waals surface area contributed by atoms with Gasteiger partial charge in [-0.3, -0.25) is 0 Å². The first-order valence-corrected chi connectivity index (χ1v) is 25.2. The summed E-state index contributed by atoms with van der Waals surface area (Å²) in [5.41, 5.74) is 14.7. The van der Waals surface area contributed by atoms with Crippen molar-refractivity contribution >= 4 is 21.7 Å². The molecule has 0 amide bonds. The van der Waals surface area contributed by atoms with Crippen LogP contribution in [0.15, 0.2) is 102 Å². The van der Waals surface area contributed by atoms with Crippen LogP contribution in [0.3, 0.4) is 0 Å². The lowest BCUT2D eigenvalue weighted by atomic mass is 9.73. The highest BCUT2D eigenvalue weighted by Gasteiger charge is 2.48. The molecule has 0 heterocycles. The van der Waals surface area contributed by atoms with Crippen molar-refractivity contribution in [3.63, 3.8) is 0 Å². The molecule has 0 bridgehead atoms. The maximum atomic E-state index is 10.4. The van der Waals surface area contributed by atoms with E-state index in [0.29, 0.717) is 50.0 Å². The number of nitrogens with zero attached hydrogens (tertiary/aromatic N) is 2. The van der Waals surface area contributed by atoms with Crippen LogP contribution in [-0.4, -0.2) is 23.3 Å². The molecule has 58 heavy (non-hydrogen) atoms. The van der Waals surface area contributed by atoms with Gasteiger partial charge in [0.05, 0.1) is 30.4 Å². The summed E-state index contributed by atoms with van der Waals surface area (Å²) in [7, 11) is -2.63. The van der Waals surface area contributed by atoms with E-state index in [2.05, 4.69) is 142 Å². The average Bonchev–Trinajstić information content (AvgIpc) is 3.30. The van der Waals surface area contributed by atoms with Gasteiger partial charge in [0, 0.05) is 17.0 Å². The van der Waals surface area contributed by atoms with Gasteiger partial charge in [-0.1, -0.05) is 167 Å². The van der Waals surface area contributed by atoms with Crippen LogP contribution in [0, 0.1) is 80.6 Å². The third-order valence-corrected chi connectivity index (χ3v) is 25.0. The number of methoxy groups -OCH3 is 1. The average molecular weight is 797 g/mol. The zero-order valence-electron chi connectivity index (χ0n) is 36.9. The second-order valence-electron chi connectivity index (χ2n) is 17.4. The molecular formula is C53H60N2OSi2. The summed E-state index contributed by atoms with van der Waals surface area (Å²) >= 11 is 0. The van der Waals surface area contributed by atoms with Gasteiger partial charge in [0.15, 0.2) is 5.41 Å². The highest BCUT2D eigenvalue weighted by molar-refractivity contribution is 6.91. The van der Waals surface area contributed by atoms with Crippen LogP contribution in [0.2, 0.25) is 33.2 Å². The first-order valence-electron chi connectivity index (χ1n) is 20.7. The fourth-order valence-corrected chi connectivity index (χ4v) is 19.8. The van der Waals surface area contributed by atoms with E-state index >= 15 is 0 Å². The summed E-state index contributed by atoms with van der Waals surface area (Å²) in [6.07, 6.45) is 11.7. The van der Waals surface area contributed by atoms with Gasteiger partial charge in [0.1, 0.15) is 21.9 Å². The smallest absolute Gasteiger partial charge is 0.179 e. The van der Waals surface area contributed by atoms with Crippen LogP contribution < -0.4 is 4.74 Å². The van der Waals surface area contributed by atoms with E-state index in [0.717, 1.165) is 28.0 Å². The normalized spacial score (nSPS) is 16.0. The Balaban J connectivity index is 2.01. The Hall–Kier alpha value is -5.41. The molecule has 1 atom stereocenters. The number of rotatable bonds is 8. The largest absolute Gasteiger partial charge is 0.497 e. The summed E-state index contributed by atoms with van der Waals surface area (Å²) in [5, 5.41) is 20.8. The summed E-state index contributed by atoms with van der Waals surface area (Å²) in [5.74, 6) is 21.6. The Kier molecular flexibility index (Phi) is 15.1. The Morgan fingerprint density at radius 1 is 0.586 bits per heavy atom. The number of ether oxygens (including phenoxy) is 1. The lowest BCUT2D eigenvalue weighted by Crippen LogP contribution is -2.43. The second kappa shape index (κ2) is 19.4. The SMILES string of the molecule is COc1ccc(C#C/C(C#C[Si](C(C)C)(C(C)C)C(C)C)=C(\C#Cc2ccc(C3=CC4=CC=CC=CC4C3(C#N)C#N)cc2)C#C[Si](C(C)C)(C(C)C)C(C)C)cc1. The number of hydrogen-bond acceptors (Lipinski definition) is 3. The Morgan fingerprint density at radius 3 is 1.41 bits per heavy atom. The highest BCUT2D eigenvalue weighted by Crippen LogP contribution is 2.52. The fourth-order valence-electron chi connectivity index (χ4n) is 9.39. The minimum atomic E-state index is -2.15. The molecule has 5 heteroatoms. The van der Waals surface area contributed by atoms with Crippen molar-refractivity contribution in [1.29, 1.82) is 10.5 Å². The number of allylic oxidation sites excluding steroid dienone is 10. The second-order valence-corrected chi connectivity index (χ2v) is 28.5. The van der Waals surface area contributed by atoms with Crippen molar-refractivity contribution in [2.45, 2.75) is 116 Å². The van der Waals surface area contributed by atoms with Gasteiger partial charge in [-0.25, -0.2) is 0 Å². The maximum Gasteiger partial charge on any atom is 0.179 e. The van der Waals surface area contributed by atoms with Gasteiger partial charge >= 0.3 is 0 Å². The van der Waals surface area contributed by atoms with Crippen molar-refractivity contribution in [1.82, 2.24) is 0 Å². The Labute approximate surface area is 353 Å². The van der Waals surface area contributed by atoms with Crippen LogP contribution in [0.1, 0.15) is 99.8 Å². The summed E-state index contributed by atoms with van der Waals surface area (Å²) < 4.78 is 5.41. The van der Waals surface area contributed by atoms with Gasteiger partial charge in [0.2, 0.25) is 0 Å². The highest BCUT2D eigenvalue weighted by atomic mass is 28.3. The van der Waals surface area contributed by atoms with Crippen LogP contribution >= 0.6 is 0 Å². The molecule has 3 nitrogen and oxygen atoms in total. The molecule has 2 aromatic rings. The van der Waals surface area contributed by atoms with Crippen molar-refractivity contribution in [2.24, 2.45) is 11.3 Å². The minimum Gasteiger partial charge on any atom is -0.497 e. The molecule has 0 aliphatic heterocycles. The lowest BCUT2D eigenvalue weighted by Gasteiger charge is -2.38. The van der Waals surface area contributed by atoms with Gasteiger partial charge in [-0.15, -0.1) is 11.1 Å². The van der Waals surface area contributed by atoms with Crippen LogP contribution in [0.4, 0.5) is 0 Å². The van der Waals surface area contributed by atoms with E-state index < -0.39 is 21.6 Å². The molecule has 0 spiro atoms. The zero-order chi connectivity index (χ0) is 42.8. The Morgan fingerprint density at radius 2 is 1.02 bits per heavy atom. The van der Waals surface area contributed by atoms with E-state index in [-0.39, 0.29) is 5.92 Å². The summed E-state index contributed by atoms with van der Waals surface area (Å²) in [6.45, 7) is 27.9. The molecule has 0 fully saturated rings. The predicted molar refractivity (Wildman–Crippen MR) is 249 cm³/mol. The van der Waals surface area contributed by atoms with E-state index in [1.807, 2.05) is 85.0 Å². The van der Waals surface area contributed by atoms with Gasteiger partial charge in [-0.2, -0.15) is 10.5 Å². The zero-order valence-corrected chi connectivity index (χ0v) is 38.9. The van der Waals surface area contributed by atoms with Gasteiger partial charge < -0.3 is 4.74 Å². The predicted octanol–water partition coefficient (Wildman–Crippen LogP) is 12.9. The third-order valence-electron chi connectivity index (χ3n) is 12.5. The lowest BCUT2D eigenvalue weighted by molar-refractivity contribution is 0.415. The summed E-state index contributed by atoms with van der Waals surface area (Å²) in [6, 6.07) is 20.4. The van der Waals surface area contributed by atoms with E-state index in [4.69, 9.17) is 4.74 Å². The molecule has 0 saturated heterocycles. The molecule has 2 aromatic carbocycles. The van der Waals surface area contributed by atoms with Crippen LogP contribution in [-0.2, 0) is 0 Å². The quantitative estimate of drug-likeness (QED) is 0.197. The Bertz CT molecular complexity index is 2280. The van der Waals surface area contributed by atoms with Crippen molar-refractivity contribution in [3.8, 4) is 64.5 Å². The molecule has 0 aromatic heterocycles. The number of hydrogen-bond donors (Lipinski definition) is 0.